The van der Waals surface area contributed by atoms with Gasteiger partial charge in [0, 0.05) is 38.2 Å². The molecular formula is C22H31N3O. The molecule has 4 nitrogen and oxygen atoms in total. The summed E-state index contributed by atoms with van der Waals surface area (Å²) in [6.45, 7) is 6.88. The molecule has 2 aliphatic heterocycles. The summed E-state index contributed by atoms with van der Waals surface area (Å²) < 4.78 is 0. The lowest BCUT2D eigenvalue weighted by molar-refractivity contribution is 0.165. The molecule has 2 aromatic rings. The van der Waals surface area contributed by atoms with Gasteiger partial charge < -0.3 is 10.0 Å². The fourth-order valence-corrected chi connectivity index (χ4v) is 4.65. The number of rotatable bonds is 5. The third-order valence-corrected chi connectivity index (χ3v) is 6.12. The maximum Gasteiger partial charge on any atom is 0.0705 e. The second-order valence-electron chi connectivity index (χ2n) is 8.11. The number of aromatic nitrogens is 1. The van der Waals surface area contributed by atoms with E-state index in [-0.39, 0.29) is 0 Å². The third kappa shape index (κ3) is 4.25. The molecule has 0 saturated carbocycles. The van der Waals surface area contributed by atoms with Crippen LogP contribution in [0.5, 0.6) is 0 Å². The molecule has 4 rings (SSSR count). The van der Waals surface area contributed by atoms with Crippen molar-refractivity contribution in [3.63, 3.8) is 0 Å². The second kappa shape index (κ2) is 8.47. The molecule has 0 radical (unpaired) electrons. The first-order chi connectivity index (χ1) is 12.8. The van der Waals surface area contributed by atoms with Crippen molar-refractivity contribution in [1.82, 2.24) is 14.8 Å². The summed E-state index contributed by atoms with van der Waals surface area (Å²) in [5, 5.41) is 11.1. The molecule has 3 heterocycles. The summed E-state index contributed by atoms with van der Waals surface area (Å²) in [7, 11) is 0. The lowest BCUT2D eigenvalue weighted by atomic mass is 9.96. The number of nitrogens with zero attached hydrogens (tertiary/aromatic N) is 3. The first kappa shape index (κ1) is 17.9. The number of likely N-dealkylation sites (tertiary alicyclic amines) is 2. The van der Waals surface area contributed by atoms with E-state index in [2.05, 4.69) is 40.1 Å². The number of hydrogen-bond donors (Lipinski definition) is 1. The molecule has 1 aromatic heterocycles. The van der Waals surface area contributed by atoms with E-state index in [1.54, 1.807) is 0 Å². The van der Waals surface area contributed by atoms with Gasteiger partial charge in [0.15, 0.2) is 0 Å². The third-order valence-electron chi connectivity index (χ3n) is 6.12. The Morgan fingerprint density at radius 3 is 2.46 bits per heavy atom. The van der Waals surface area contributed by atoms with Crippen molar-refractivity contribution >= 4 is 10.9 Å². The smallest absolute Gasteiger partial charge is 0.0705 e. The molecule has 0 unspecified atom stereocenters. The molecule has 2 aliphatic rings. The number of hydrogen-bond acceptors (Lipinski definition) is 4. The summed E-state index contributed by atoms with van der Waals surface area (Å²) in [6.07, 6.45) is 5.43. The van der Waals surface area contributed by atoms with Gasteiger partial charge in [-0.25, -0.2) is 0 Å². The van der Waals surface area contributed by atoms with Crippen molar-refractivity contribution in [1.29, 1.82) is 0 Å². The Labute approximate surface area is 156 Å². The van der Waals surface area contributed by atoms with Crippen LogP contribution < -0.4 is 0 Å². The summed E-state index contributed by atoms with van der Waals surface area (Å²) in [4.78, 5) is 9.95. The van der Waals surface area contributed by atoms with Crippen LogP contribution in [-0.2, 0) is 6.54 Å². The summed E-state index contributed by atoms with van der Waals surface area (Å²) in [6, 6.07) is 12.6. The minimum absolute atomic E-state index is 0.306. The summed E-state index contributed by atoms with van der Waals surface area (Å²) in [5.74, 6) is 0.984. The van der Waals surface area contributed by atoms with Crippen LogP contribution in [0.25, 0.3) is 10.9 Å². The predicted octanol–water partition coefficient (Wildman–Crippen LogP) is 3.15. The zero-order valence-electron chi connectivity index (χ0n) is 15.7. The monoisotopic (exact) mass is 353 g/mol. The van der Waals surface area contributed by atoms with Gasteiger partial charge in [-0.05, 0) is 49.9 Å². The Kier molecular flexibility index (Phi) is 5.83. The first-order valence-corrected chi connectivity index (χ1v) is 10.2. The zero-order valence-corrected chi connectivity index (χ0v) is 15.7. The Bertz CT molecular complexity index is 711. The van der Waals surface area contributed by atoms with E-state index < -0.39 is 0 Å². The molecule has 0 amide bonds. The van der Waals surface area contributed by atoms with Crippen LogP contribution >= 0.6 is 0 Å². The van der Waals surface area contributed by atoms with Crippen LogP contribution in [0.3, 0.4) is 0 Å². The topological polar surface area (TPSA) is 39.6 Å². The molecule has 1 N–H and O–H groups in total. The highest BCUT2D eigenvalue weighted by Gasteiger charge is 2.33. The van der Waals surface area contributed by atoms with Gasteiger partial charge >= 0.3 is 0 Å². The van der Waals surface area contributed by atoms with E-state index in [4.69, 9.17) is 4.98 Å². The molecule has 0 aliphatic carbocycles. The van der Waals surface area contributed by atoms with Gasteiger partial charge in [-0.3, -0.25) is 9.88 Å². The average molecular weight is 354 g/mol. The second-order valence-corrected chi connectivity index (χ2v) is 8.11. The highest BCUT2D eigenvalue weighted by molar-refractivity contribution is 5.78. The normalized spacial score (nSPS) is 25.6. The van der Waals surface area contributed by atoms with E-state index in [1.165, 1.54) is 44.2 Å². The number of pyridine rings is 1. The molecule has 26 heavy (non-hydrogen) atoms. The molecule has 140 valence electrons. The van der Waals surface area contributed by atoms with Crippen LogP contribution in [0.15, 0.2) is 36.4 Å². The molecule has 2 atom stereocenters. The highest BCUT2D eigenvalue weighted by Crippen LogP contribution is 2.26. The molecule has 0 bridgehead atoms. The van der Waals surface area contributed by atoms with E-state index in [9.17, 15) is 5.11 Å². The van der Waals surface area contributed by atoms with Gasteiger partial charge in [0.1, 0.15) is 0 Å². The Balaban J connectivity index is 1.39. The highest BCUT2D eigenvalue weighted by atomic mass is 16.3. The van der Waals surface area contributed by atoms with Gasteiger partial charge in [0.05, 0.1) is 11.2 Å². The van der Waals surface area contributed by atoms with Gasteiger partial charge in [-0.2, -0.15) is 0 Å². The molecule has 2 fully saturated rings. The predicted molar refractivity (Wildman–Crippen MR) is 106 cm³/mol. The number of benzene rings is 1. The fourth-order valence-electron chi connectivity index (χ4n) is 4.65. The maximum absolute atomic E-state index is 9.89. The molecule has 2 saturated heterocycles. The van der Waals surface area contributed by atoms with Crippen LogP contribution in [0.4, 0.5) is 0 Å². The molecule has 1 aromatic carbocycles. The average Bonchev–Trinajstić information content (AvgIpc) is 2.86. The van der Waals surface area contributed by atoms with Crippen molar-refractivity contribution < 1.29 is 5.11 Å². The lowest BCUT2D eigenvalue weighted by Gasteiger charge is -2.26. The zero-order chi connectivity index (χ0) is 17.8. The SMILES string of the molecule is OC[C@H]1CN(Cc2ccc3ccccc3n2)C[C@H]1CN1CCCCCC1. The van der Waals surface area contributed by atoms with Gasteiger partial charge in [-0.15, -0.1) is 0 Å². The molecular weight excluding hydrogens is 322 g/mol. The number of fused-ring (bicyclic) bond motifs is 1. The van der Waals surface area contributed by atoms with Crippen molar-refractivity contribution in [2.75, 3.05) is 39.3 Å². The first-order valence-electron chi connectivity index (χ1n) is 10.2. The van der Waals surface area contributed by atoms with Crippen molar-refractivity contribution in [2.45, 2.75) is 32.2 Å². The van der Waals surface area contributed by atoms with Crippen LogP contribution in [0.1, 0.15) is 31.4 Å². The van der Waals surface area contributed by atoms with E-state index in [1.807, 2.05) is 6.07 Å². The standard InChI is InChI=1S/C22H31N3O/c26-17-20-15-25(14-19(20)13-24-11-5-1-2-6-12-24)16-21-10-9-18-7-3-4-8-22(18)23-21/h3-4,7-10,19-20,26H,1-2,5-6,11-17H2/t19-,20-/m1/s1. The molecule has 4 heteroatoms. The van der Waals surface area contributed by atoms with Crippen molar-refractivity contribution in [2.24, 2.45) is 11.8 Å². The summed E-state index contributed by atoms with van der Waals surface area (Å²) >= 11 is 0. The Morgan fingerprint density at radius 1 is 0.885 bits per heavy atom. The van der Waals surface area contributed by atoms with E-state index in [0.717, 1.165) is 37.4 Å². The molecule has 0 spiro atoms. The minimum atomic E-state index is 0.306. The van der Waals surface area contributed by atoms with E-state index in [0.29, 0.717) is 18.4 Å². The Morgan fingerprint density at radius 2 is 1.65 bits per heavy atom. The quantitative estimate of drug-likeness (QED) is 0.896. The minimum Gasteiger partial charge on any atom is -0.396 e. The number of aliphatic hydroxyl groups excluding tert-OH is 1. The van der Waals surface area contributed by atoms with Crippen LogP contribution in [0.2, 0.25) is 0 Å². The maximum atomic E-state index is 9.89. The van der Waals surface area contributed by atoms with Crippen molar-refractivity contribution in [3.05, 3.63) is 42.1 Å². The van der Waals surface area contributed by atoms with Crippen molar-refractivity contribution in [3.8, 4) is 0 Å². The van der Waals surface area contributed by atoms with Gasteiger partial charge in [0.2, 0.25) is 0 Å². The lowest BCUT2D eigenvalue weighted by Crippen LogP contribution is -2.34. The summed E-state index contributed by atoms with van der Waals surface area (Å²) in [5.41, 5.74) is 2.21. The number of aliphatic hydroxyl groups is 1. The Hall–Kier alpha value is -1.49. The van der Waals surface area contributed by atoms with Gasteiger partial charge in [0.25, 0.3) is 0 Å². The van der Waals surface area contributed by atoms with Gasteiger partial charge in [-0.1, -0.05) is 37.1 Å². The number of para-hydroxylation sites is 1. The largest absolute Gasteiger partial charge is 0.396 e. The van der Waals surface area contributed by atoms with E-state index >= 15 is 0 Å². The van der Waals surface area contributed by atoms with Crippen LogP contribution in [-0.4, -0.2) is 59.2 Å². The fraction of sp³-hybridized carbons (Fsp3) is 0.591. The van der Waals surface area contributed by atoms with Crippen LogP contribution in [0, 0.1) is 11.8 Å².